The van der Waals surface area contributed by atoms with Crippen molar-refractivity contribution in [3.05, 3.63) is 35.7 Å². The lowest BCUT2D eigenvalue weighted by molar-refractivity contribution is -0.150. The maximum atomic E-state index is 12.6. The van der Waals surface area contributed by atoms with E-state index in [2.05, 4.69) is 10.2 Å². The highest BCUT2D eigenvalue weighted by Gasteiger charge is 2.39. The molecule has 1 fully saturated rings. The second-order valence-electron chi connectivity index (χ2n) is 6.40. The Balaban J connectivity index is 1.76. The van der Waals surface area contributed by atoms with Crippen LogP contribution in [0.2, 0.25) is 0 Å². The Hall–Kier alpha value is -2.70. The fourth-order valence-corrected chi connectivity index (χ4v) is 2.94. The van der Waals surface area contributed by atoms with E-state index >= 15 is 0 Å². The highest BCUT2D eigenvalue weighted by molar-refractivity contribution is 5.95. The SMILES string of the molecule is Cc1nnc(-c2ccc(C(=O)N3CCCC(C)(C(=O)O)C3)cc2)o1. The van der Waals surface area contributed by atoms with Crippen molar-refractivity contribution in [3.63, 3.8) is 0 Å². The Bertz CT molecular complexity index is 768. The minimum Gasteiger partial charge on any atom is -0.481 e. The summed E-state index contributed by atoms with van der Waals surface area (Å²) in [5, 5.41) is 17.1. The van der Waals surface area contributed by atoms with Gasteiger partial charge in [-0.15, -0.1) is 10.2 Å². The van der Waals surface area contributed by atoms with E-state index in [1.807, 2.05) is 0 Å². The molecular formula is C17H19N3O4. The van der Waals surface area contributed by atoms with Crippen molar-refractivity contribution >= 4 is 11.9 Å². The predicted octanol–water partition coefficient (Wildman–Crippen LogP) is 2.37. The summed E-state index contributed by atoms with van der Waals surface area (Å²) in [6, 6.07) is 6.90. The zero-order valence-corrected chi connectivity index (χ0v) is 13.7. The van der Waals surface area contributed by atoms with Crippen LogP contribution in [0.15, 0.2) is 28.7 Å². The Morgan fingerprint density at radius 3 is 2.54 bits per heavy atom. The lowest BCUT2D eigenvalue weighted by atomic mass is 9.82. The lowest BCUT2D eigenvalue weighted by Gasteiger charge is -2.37. The quantitative estimate of drug-likeness (QED) is 0.928. The van der Waals surface area contributed by atoms with Crippen LogP contribution in [0.3, 0.4) is 0 Å². The van der Waals surface area contributed by atoms with E-state index in [-0.39, 0.29) is 12.5 Å². The smallest absolute Gasteiger partial charge is 0.311 e. The first kappa shape index (κ1) is 16.2. The van der Waals surface area contributed by atoms with Gasteiger partial charge in [0.15, 0.2) is 0 Å². The molecule has 1 saturated heterocycles. The first-order valence-corrected chi connectivity index (χ1v) is 7.82. The van der Waals surface area contributed by atoms with Gasteiger partial charge in [0.1, 0.15) is 0 Å². The Morgan fingerprint density at radius 1 is 1.25 bits per heavy atom. The van der Waals surface area contributed by atoms with Crippen LogP contribution in [0, 0.1) is 12.3 Å². The van der Waals surface area contributed by atoms with Gasteiger partial charge in [0, 0.05) is 31.1 Å². The molecule has 2 aromatic rings. The summed E-state index contributed by atoms with van der Waals surface area (Å²) < 4.78 is 5.36. The van der Waals surface area contributed by atoms with Crippen molar-refractivity contribution in [3.8, 4) is 11.5 Å². The summed E-state index contributed by atoms with van der Waals surface area (Å²) in [4.78, 5) is 25.7. The summed E-state index contributed by atoms with van der Waals surface area (Å²) in [7, 11) is 0. The first-order valence-electron chi connectivity index (χ1n) is 7.82. The van der Waals surface area contributed by atoms with E-state index in [9.17, 15) is 14.7 Å². The van der Waals surface area contributed by atoms with Gasteiger partial charge in [0.05, 0.1) is 5.41 Å². The van der Waals surface area contributed by atoms with Crippen molar-refractivity contribution in [1.29, 1.82) is 0 Å². The summed E-state index contributed by atoms with van der Waals surface area (Å²) in [6.07, 6.45) is 1.27. The Morgan fingerprint density at radius 2 is 1.96 bits per heavy atom. The van der Waals surface area contributed by atoms with Crippen molar-refractivity contribution < 1.29 is 19.1 Å². The van der Waals surface area contributed by atoms with E-state index in [0.29, 0.717) is 36.7 Å². The van der Waals surface area contributed by atoms with Gasteiger partial charge in [0.2, 0.25) is 11.8 Å². The molecule has 1 aromatic heterocycles. The summed E-state index contributed by atoms with van der Waals surface area (Å²) in [6.45, 7) is 4.21. The number of benzene rings is 1. The molecule has 1 aromatic carbocycles. The number of carbonyl (C=O) groups excluding carboxylic acids is 1. The third-order valence-corrected chi connectivity index (χ3v) is 4.40. The fraction of sp³-hybridized carbons (Fsp3) is 0.412. The van der Waals surface area contributed by atoms with Crippen LogP contribution in [0.5, 0.6) is 0 Å². The highest BCUT2D eigenvalue weighted by atomic mass is 16.4. The summed E-state index contributed by atoms with van der Waals surface area (Å²) >= 11 is 0. The molecule has 1 aliphatic heterocycles. The van der Waals surface area contributed by atoms with Gasteiger partial charge in [-0.1, -0.05) is 0 Å². The Kier molecular flexibility index (Phi) is 4.09. The minimum absolute atomic E-state index is 0.157. The molecule has 7 heteroatoms. The van der Waals surface area contributed by atoms with Crippen LogP contribution < -0.4 is 0 Å². The van der Waals surface area contributed by atoms with Gasteiger partial charge < -0.3 is 14.4 Å². The number of piperidine rings is 1. The molecule has 0 spiro atoms. The van der Waals surface area contributed by atoms with Crippen LogP contribution in [0.1, 0.15) is 36.0 Å². The van der Waals surface area contributed by atoms with Crippen molar-refractivity contribution in [2.24, 2.45) is 5.41 Å². The van der Waals surface area contributed by atoms with E-state index < -0.39 is 11.4 Å². The van der Waals surface area contributed by atoms with E-state index in [1.54, 1.807) is 43.0 Å². The third kappa shape index (κ3) is 3.02. The average molecular weight is 329 g/mol. The monoisotopic (exact) mass is 329 g/mol. The standard InChI is InChI=1S/C17H19N3O4/c1-11-18-19-14(24-11)12-4-6-13(7-5-12)15(21)20-9-3-8-17(2,10-20)16(22)23/h4-7H,3,8-10H2,1-2H3,(H,22,23). The lowest BCUT2D eigenvalue weighted by Crippen LogP contribution is -2.48. The molecule has 2 heterocycles. The Labute approximate surface area is 139 Å². The number of carboxylic acids is 1. The molecule has 1 aliphatic rings. The number of carboxylic acid groups (broad SMARTS) is 1. The highest BCUT2D eigenvalue weighted by Crippen LogP contribution is 2.30. The molecule has 0 aliphatic carbocycles. The summed E-state index contributed by atoms with van der Waals surface area (Å²) in [5.74, 6) is -0.133. The normalized spacial score (nSPS) is 20.8. The van der Waals surface area contributed by atoms with Crippen LogP contribution in [-0.2, 0) is 4.79 Å². The maximum absolute atomic E-state index is 12.6. The molecule has 1 unspecified atom stereocenters. The fourth-order valence-electron chi connectivity index (χ4n) is 2.94. The molecule has 126 valence electrons. The van der Waals surface area contributed by atoms with Gasteiger partial charge in [-0.3, -0.25) is 9.59 Å². The maximum Gasteiger partial charge on any atom is 0.311 e. The second kappa shape index (κ2) is 6.07. The van der Waals surface area contributed by atoms with Crippen LogP contribution >= 0.6 is 0 Å². The van der Waals surface area contributed by atoms with Crippen molar-refractivity contribution in [1.82, 2.24) is 15.1 Å². The molecule has 1 atom stereocenters. The van der Waals surface area contributed by atoms with Gasteiger partial charge in [-0.05, 0) is 44.0 Å². The van der Waals surface area contributed by atoms with E-state index in [4.69, 9.17) is 4.42 Å². The molecule has 0 bridgehead atoms. The van der Waals surface area contributed by atoms with Gasteiger partial charge in [-0.2, -0.15) is 0 Å². The molecule has 1 amide bonds. The van der Waals surface area contributed by atoms with Gasteiger partial charge >= 0.3 is 5.97 Å². The average Bonchev–Trinajstić information content (AvgIpc) is 3.01. The molecule has 24 heavy (non-hydrogen) atoms. The number of amides is 1. The second-order valence-corrected chi connectivity index (χ2v) is 6.40. The molecule has 7 nitrogen and oxygen atoms in total. The summed E-state index contributed by atoms with van der Waals surface area (Å²) in [5.41, 5.74) is 0.376. The molecule has 0 radical (unpaired) electrons. The zero-order valence-electron chi connectivity index (χ0n) is 13.7. The number of hydrogen-bond acceptors (Lipinski definition) is 5. The first-order chi connectivity index (χ1) is 11.4. The number of likely N-dealkylation sites (tertiary alicyclic amines) is 1. The largest absolute Gasteiger partial charge is 0.481 e. The molecule has 3 rings (SSSR count). The molecule has 1 N–H and O–H groups in total. The van der Waals surface area contributed by atoms with Crippen LogP contribution in [0.25, 0.3) is 11.5 Å². The van der Waals surface area contributed by atoms with E-state index in [1.165, 1.54) is 0 Å². The van der Waals surface area contributed by atoms with E-state index in [0.717, 1.165) is 5.56 Å². The minimum atomic E-state index is -0.880. The number of rotatable bonds is 3. The molecule has 0 saturated carbocycles. The number of aliphatic carboxylic acids is 1. The van der Waals surface area contributed by atoms with Crippen LogP contribution in [0.4, 0.5) is 0 Å². The number of nitrogens with zero attached hydrogens (tertiary/aromatic N) is 3. The molecular weight excluding hydrogens is 310 g/mol. The van der Waals surface area contributed by atoms with Gasteiger partial charge in [-0.25, -0.2) is 0 Å². The third-order valence-electron chi connectivity index (χ3n) is 4.40. The number of carbonyl (C=O) groups is 2. The number of aromatic nitrogens is 2. The van der Waals surface area contributed by atoms with Crippen LogP contribution in [-0.4, -0.2) is 45.2 Å². The van der Waals surface area contributed by atoms with Crippen molar-refractivity contribution in [2.75, 3.05) is 13.1 Å². The zero-order chi connectivity index (χ0) is 17.3. The van der Waals surface area contributed by atoms with Gasteiger partial charge in [0.25, 0.3) is 5.91 Å². The van der Waals surface area contributed by atoms with Crippen molar-refractivity contribution in [2.45, 2.75) is 26.7 Å². The number of hydrogen-bond donors (Lipinski definition) is 1. The number of aryl methyl sites for hydroxylation is 1. The predicted molar refractivity (Wildman–Crippen MR) is 85.4 cm³/mol. The topological polar surface area (TPSA) is 96.5 Å².